The third kappa shape index (κ3) is 3.59. The highest BCUT2D eigenvalue weighted by molar-refractivity contribution is 5.89. The molecule has 3 nitrogen and oxygen atoms in total. The van der Waals surface area contributed by atoms with E-state index in [0.29, 0.717) is 16.8 Å². The molecule has 0 aliphatic rings. The SMILES string of the molecule is CCOC(=O)c1ccc(-c2ccc(C(F)(F)F)cn2)cc1. The highest BCUT2D eigenvalue weighted by atomic mass is 19.4. The van der Waals surface area contributed by atoms with Crippen molar-refractivity contribution in [1.82, 2.24) is 4.98 Å². The lowest BCUT2D eigenvalue weighted by molar-refractivity contribution is -0.137. The fourth-order valence-corrected chi connectivity index (χ4v) is 1.72. The minimum Gasteiger partial charge on any atom is -0.462 e. The molecular formula is C15H12F3NO2. The number of nitrogens with zero attached hydrogens (tertiary/aromatic N) is 1. The van der Waals surface area contributed by atoms with E-state index in [2.05, 4.69) is 4.98 Å². The van der Waals surface area contributed by atoms with Crippen LogP contribution in [0.4, 0.5) is 13.2 Å². The van der Waals surface area contributed by atoms with Crippen LogP contribution in [-0.4, -0.2) is 17.6 Å². The Kier molecular flexibility index (Phi) is 4.26. The third-order valence-electron chi connectivity index (χ3n) is 2.78. The van der Waals surface area contributed by atoms with Gasteiger partial charge in [0.05, 0.1) is 23.4 Å². The quantitative estimate of drug-likeness (QED) is 0.805. The van der Waals surface area contributed by atoms with Gasteiger partial charge in [-0.2, -0.15) is 13.2 Å². The van der Waals surface area contributed by atoms with Crippen LogP contribution in [0.15, 0.2) is 42.6 Å². The summed E-state index contributed by atoms with van der Waals surface area (Å²) in [6, 6.07) is 8.59. The number of ether oxygens (including phenoxy) is 1. The molecule has 0 unspecified atom stereocenters. The van der Waals surface area contributed by atoms with Crippen molar-refractivity contribution in [3.63, 3.8) is 0 Å². The topological polar surface area (TPSA) is 39.2 Å². The summed E-state index contributed by atoms with van der Waals surface area (Å²) in [4.78, 5) is 15.3. The number of benzene rings is 1. The molecular weight excluding hydrogens is 283 g/mol. The lowest BCUT2D eigenvalue weighted by atomic mass is 10.1. The molecule has 2 aromatic rings. The van der Waals surface area contributed by atoms with E-state index in [1.807, 2.05) is 0 Å². The number of pyridine rings is 1. The van der Waals surface area contributed by atoms with Crippen molar-refractivity contribution < 1.29 is 22.7 Å². The van der Waals surface area contributed by atoms with Crippen molar-refractivity contribution in [3.05, 3.63) is 53.7 Å². The van der Waals surface area contributed by atoms with E-state index in [9.17, 15) is 18.0 Å². The van der Waals surface area contributed by atoms with Gasteiger partial charge >= 0.3 is 12.1 Å². The highest BCUT2D eigenvalue weighted by Gasteiger charge is 2.30. The van der Waals surface area contributed by atoms with Gasteiger partial charge < -0.3 is 4.74 Å². The zero-order valence-corrected chi connectivity index (χ0v) is 11.1. The highest BCUT2D eigenvalue weighted by Crippen LogP contribution is 2.29. The van der Waals surface area contributed by atoms with Gasteiger partial charge in [0.15, 0.2) is 0 Å². The number of hydrogen-bond acceptors (Lipinski definition) is 3. The average Bonchev–Trinajstić information content (AvgIpc) is 2.47. The molecule has 2 rings (SSSR count). The van der Waals surface area contributed by atoms with Gasteiger partial charge in [-0.1, -0.05) is 12.1 Å². The van der Waals surface area contributed by atoms with E-state index in [1.165, 1.54) is 6.07 Å². The van der Waals surface area contributed by atoms with Gasteiger partial charge in [-0.05, 0) is 31.2 Å². The van der Waals surface area contributed by atoms with Crippen molar-refractivity contribution in [2.45, 2.75) is 13.1 Å². The van der Waals surface area contributed by atoms with E-state index in [-0.39, 0.29) is 6.61 Å². The maximum Gasteiger partial charge on any atom is 0.417 e. The smallest absolute Gasteiger partial charge is 0.417 e. The second-order valence-corrected chi connectivity index (χ2v) is 4.23. The van der Waals surface area contributed by atoms with Gasteiger partial charge in [0, 0.05) is 11.8 Å². The Hall–Kier alpha value is -2.37. The molecule has 0 aliphatic heterocycles. The number of carbonyl (C=O) groups is 1. The number of hydrogen-bond donors (Lipinski definition) is 0. The van der Waals surface area contributed by atoms with E-state index >= 15 is 0 Å². The zero-order chi connectivity index (χ0) is 15.5. The van der Waals surface area contributed by atoms with E-state index in [1.54, 1.807) is 31.2 Å². The molecule has 0 bridgehead atoms. The van der Waals surface area contributed by atoms with Crippen LogP contribution in [0, 0.1) is 0 Å². The number of carbonyl (C=O) groups excluding carboxylic acids is 1. The van der Waals surface area contributed by atoms with Crippen molar-refractivity contribution in [2.75, 3.05) is 6.61 Å². The summed E-state index contributed by atoms with van der Waals surface area (Å²) < 4.78 is 42.2. The minimum atomic E-state index is -4.40. The first-order valence-electron chi connectivity index (χ1n) is 6.22. The number of rotatable bonds is 3. The lowest BCUT2D eigenvalue weighted by Gasteiger charge is -2.07. The fraction of sp³-hybridized carbons (Fsp3) is 0.200. The van der Waals surface area contributed by atoms with Crippen LogP contribution in [0.25, 0.3) is 11.3 Å². The summed E-state index contributed by atoms with van der Waals surface area (Å²) in [7, 11) is 0. The van der Waals surface area contributed by atoms with Crippen molar-refractivity contribution in [1.29, 1.82) is 0 Å². The van der Waals surface area contributed by atoms with E-state index in [4.69, 9.17) is 4.74 Å². The molecule has 0 saturated heterocycles. The first-order valence-corrected chi connectivity index (χ1v) is 6.22. The number of alkyl halides is 3. The predicted molar refractivity (Wildman–Crippen MR) is 70.6 cm³/mol. The molecule has 1 aromatic carbocycles. The Bertz CT molecular complexity index is 619. The summed E-state index contributed by atoms with van der Waals surface area (Å²) in [5.41, 5.74) is 0.608. The summed E-state index contributed by atoms with van der Waals surface area (Å²) in [6.07, 6.45) is -3.62. The molecule has 0 amide bonds. The third-order valence-corrected chi connectivity index (χ3v) is 2.78. The van der Waals surface area contributed by atoms with Gasteiger partial charge in [-0.15, -0.1) is 0 Å². The van der Waals surface area contributed by atoms with E-state index < -0.39 is 17.7 Å². The van der Waals surface area contributed by atoms with Crippen LogP contribution >= 0.6 is 0 Å². The molecule has 0 fully saturated rings. The molecule has 0 saturated carbocycles. The zero-order valence-electron chi connectivity index (χ0n) is 11.1. The van der Waals surface area contributed by atoms with Gasteiger partial charge in [0.2, 0.25) is 0 Å². The molecule has 0 N–H and O–H groups in total. The van der Waals surface area contributed by atoms with Crippen LogP contribution in [0.2, 0.25) is 0 Å². The Labute approximate surface area is 119 Å². The van der Waals surface area contributed by atoms with Crippen LogP contribution in [0.1, 0.15) is 22.8 Å². The molecule has 0 atom stereocenters. The van der Waals surface area contributed by atoms with Gasteiger partial charge in [0.1, 0.15) is 0 Å². The summed E-state index contributed by atoms with van der Waals surface area (Å²) in [5, 5.41) is 0. The van der Waals surface area contributed by atoms with Crippen molar-refractivity contribution in [3.8, 4) is 11.3 Å². The van der Waals surface area contributed by atoms with Gasteiger partial charge in [0.25, 0.3) is 0 Å². The molecule has 0 aliphatic carbocycles. The van der Waals surface area contributed by atoms with Crippen LogP contribution in [0.5, 0.6) is 0 Å². The largest absolute Gasteiger partial charge is 0.462 e. The first kappa shape index (κ1) is 15.0. The summed E-state index contributed by atoms with van der Waals surface area (Å²) >= 11 is 0. The lowest BCUT2D eigenvalue weighted by Crippen LogP contribution is -2.05. The maximum absolute atomic E-state index is 12.4. The standard InChI is InChI=1S/C15H12F3NO2/c1-2-21-14(20)11-5-3-10(4-6-11)13-8-7-12(9-19-13)15(16,17)18/h3-9H,2H2,1H3. The molecule has 0 spiro atoms. The predicted octanol–water partition coefficient (Wildman–Crippen LogP) is 3.94. The van der Waals surface area contributed by atoms with Crippen molar-refractivity contribution in [2.24, 2.45) is 0 Å². The summed E-state index contributed by atoms with van der Waals surface area (Å²) in [5.74, 6) is -0.440. The maximum atomic E-state index is 12.4. The monoisotopic (exact) mass is 295 g/mol. The second-order valence-electron chi connectivity index (χ2n) is 4.23. The second kappa shape index (κ2) is 5.95. The molecule has 110 valence electrons. The Balaban J connectivity index is 2.21. The Morgan fingerprint density at radius 3 is 2.29 bits per heavy atom. The van der Waals surface area contributed by atoms with Crippen LogP contribution < -0.4 is 0 Å². The van der Waals surface area contributed by atoms with Crippen LogP contribution in [-0.2, 0) is 10.9 Å². The molecule has 6 heteroatoms. The average molecular weight is 295 g/mol. The minimum absolute atomic E-state index is 0.279. The Morgan fingerprint density at radius 2 is 1.81 bits per heavy atom. The van der Waals surface area contributed by atoms with Crippen molar-refractivity contribution >= 4 is 5.97 Å². The van der Waals surface area contributed by atoms with Crippen LogP contribution in [0.3, 0.4) is 0 Å². The molecule has 21 heavy (non-hydrogen) atoms. The van der Waals surface area contributed by atoms with Gasteiger partial charge in [-0.25, -0.2) is 4.79 Å². The number of halogens is 3. The molecule has 0 radical (unpaired) electrons. The normalized spacial score (nSPS) is 11.2. The van der Waals surface area contributed by atoms with E-state index in [0.717, 1.165) is 12.3 Å². The van der Waals surface area contributed by atoms with Gasteiger partial charge in [-0.3, -0.25) is 4.98 Å². The Morgan fingerprint density at radius 1 is 1.14 bits per heavy atom. The summed E-state index contributed by atoms with van der Waals surface area (Å²) in [6.45, 7) is 1.99. The molecule has 1 aromatic heterocycles. The fourth-order valence-electron chi connectivity index (χ4n) is 1.72. The molecule has 1 heterocycles. The number of aromatic nitrogens is 1. The first-order chi connectivity index (χ1) is 9.91. The number of esters is 1.